The molecule has 8 bridgehead atoms. The van der Waals surface area contributed by atoms with Crippen LogP contribution in [0.3, 0.4) is 0 Å². The number of hydrogen-bond donors (Lipinski definition) is 4. The maximum Gasteiger partial charge on any atom is 0.200 e. The van der Waals surface area contributed by atoms with Crippen LogP contribution in [0.5, 0.6) is 0 Å². The molecule has 0 atom stereocenters. The van der Waals surface area contributed by atoms with E-state index in [0.717, 1.165) is 62.1 Å². The summed E-state index contributed by atoms with van der Waals surface area (Å²) in [6.45, 7) is 1.97. The summed E-state index contributed by atoms with van der Waals surface area (Å²) >= 11 is 0. The van der Waals surface area contributed by atoms with Gasteiger partial charge in [0.2, 0.25) is 11.6 Å². The van der Waals surface area contributed by atoms with Crippen molar-refractivity contribution in [3.05, 3.63) is 129 Å². The number of hydrogen-bond acceptors (Lipinski definition) is 2. The van der Waals surface area contributed by atoms with E-state index in [4.69, 9.17) is 0 Å². The number of aromatic nitrogens is 4. The predicted molar refractivity (Wildman–Crippen MR) is 213 cm³/mol. The van der Waals surface area contributed by atoms with Crippen LogP contribution in [0.15, 0.2) is 36.4 Å². The van der Waals surface area contributed by atoms with E-state index in [1.807, 2.05) is 6.92 Å². The Hall–Kier alpha value is -6.79. The van der Waals surface area contributed by atoms with Gasteiger partial charge in [-0.2, -0.15) is 0 Å². The van der Waals surface area contributed by atoms with Crippen LogP contribution in [0, 0.1) is 81.4 Å². The number of benzene rings is 3. The fourth-order valence-corrected chi connectivity index (χ4v) is 7.72. The third-order valence-electron chi connectivity index (χ3n) is 10.8. The quantitative estimate of drug-likeness (QED) is 0.0452. The van der Waals surface area contributed by atoms with Crippen LogP contribution in [0.1, 0.15) is 56.8 Å². The number of halogens is 14. The number of fused-ring (bicyclic) bond motifs is 9. The zero-order valence-corrected chi connectivity index (χ0v) is 32.8. The average Bonchev–Trinajstić information content (AvgIpc) is 4.14. The van der Waals surface area contributed by atoms with Crippen LogP contribution < -0.4 is 5.32 Å². The molecule has 0 saturated carbocycles. The molecule has 5 heterocycles. The van der Waals surface area contributed by atoms with E-state index in [2.05, 4.69) is 25.3 Å². The Morgan fingerprint density at radius 3 is 1.14 bits per heavy atom. The largest absolute Gasteiger partial charge is 0.380 e. The standard InChI is InChI=1S/C45H29F14N5/c1-2-3-4-5-6-7-16-60-45-43(58)35(50)30(36(51)44(45)59)26-20-11-9-18(62-20)17-8-10-19(61-17)25(28-31(46)37(52)41(56)38(53)32(28)47)21-12-14-23(63-21)27(24-15-13-22(26)64-24)29-33(48)39(54)42(57)40(55)34(29)49/h8-15,60,62-64H,2-7,16H2,1H3. The van der Waals surface area contributed by atoms with E-state index in [1.165, 1.54) is 12.1 Å². The number of anilines is 1. The molecule has 8 rings (SSSR count). The van der Waals surface area contributed by atoms with Gasteiger partial charge in [0.15, 0.2) is 69.8 Å². The molecule has 0 amide bonds. The van der Waals surface area contributed by atoms with Gasteiger partial charge >= 0.3 is 0 Å². The fraction of sp³-hybridized carbons (Fsp3) is 0.178. The molecule has 332 valence electrons. The molecule has 3 aromatic carbocycles. The first-order valence-electron chi connectivity index (χ1n) is 19.5. The molecule has 0 spiro atoms. The van der Waals surface area contributed by atoms with E-state index in [1.54, 1.807) is 0 Å². The van der Waals surface area contributed by atoms with E-state index in [0.29, 0.717) is 12.8 Å². The summed E-state index contributed by atoms with van der Waals surface area (Å²) in [5.41, 5.74) is -11.3. The molecule has 64 heavy (non-hydrogen) atoms. The van der Waals surface area contributed by atoms with Gasteiger partial charge in [0.1, 0.15) is 5.69 Å². The Bertz CT molecular complexity index is 3110. The summed E-state index contributed by atoms with van der Waals surface area (Å²) in [4.78, 5) is 12.1. The Labute approximate surface area is 351 Å². The normalized spacial score (nSPS) is 12.0. The monoisotopic (exact) mass is 905 g/mol. The summed E-state index contributed by atoms with van der Waals surface area (Å²) in [6, 6.07) is 6.15. The summed E-state index contributed by atoms with van der Waals surface area (Å²) in [5.74, 6) is -31.6. The van der Waals surface area contributed by atoms with Gasteiger partial charge in [0.05, 0.1) is 33.6 Å². The van der Waals surface area contributed by atoms with Crippen LogP contribution in [0.2, 0.25) is 0 Å². The van der Waals surface area contributed by atoms with E-state index in [9.17, 15) is 26.3 Å². The van der Waals surface area contributed by atoms with Crippen molar-refractivity contribution < 1.29 is 61.5 Å². The minimum Gasteiger partial charge on any atom is -0.380 e. The lowest BCUT2D eigenvalue weighted by atomic mass is 10.0. The predicted octanol–water partition coefficient (Wildman–Crippen LogP) is 14.4. The fourth-order valence-electron chi connectivity index (χ4n) is 7.72. The minimum absolute atomic E-state index is 0.0445. The Morgan fingerprint density at radius 1 is 0.359 bits per heavy atom. The SMILES string of the molecule is CCCCCCCCNc1c(F)c(F)c(-c2c3ccc([nH]3)c3nc(c(-c4c(F)c(F)c(F)c(F)c4F)c4ccc([nH]4)c(-c4c(F)c(F)c(F)c(F)c4F)c4ccc2[nH]4)C=C3)c(F)c1F. The Kier molecular flexibility index (Phi) is 11.7. The second-order valence-electron chi connectivity index (χ2n) is 14.8. The van der Waals surface area contributed by atoms with E-state index >= 15 is 35.1 Å². The molecule has 7 aromatic rings. The highest BCUT2D eigenvalue weighted by Crippen LogP contribution is 2.43. The molecule has 0 saturated heterocycles. The second kappa shape index (κ2) is 17.1. The van der Waals surface area contributed by atoms with Gasteiger partial charge in [0.25, 0.3) is 0 Å². The molecule has 5 nitrogen and oxygen atoms in total. The van der Waals surface area contributed by atoms with Gasteiger partial charge in [-0.3, -0.25) is 0 Å². The van der Waals surface area contributed by atoms with Crippen LogP contribution >= 0.6 is 0 Å². The lowest BCUT2D eigenvalue weighted by molar-refractivity contribution is 0.381. The van der Waals surface area contributed by atoms with Crippen LogP contribution in [-0.2, 0) is 0 Å². The Balaban J connectivity index is 1.48. The van der Waals surface area contributed by atoms with Crippen LogP contribution in [0.4, 0.5) is 67.2 Å². The molecule has 0 unspecified atom stereocenters. The third kappa shape index (κ3) is 7.19. The Morgan fingerprint density at radius 2 is 0.688 bits per heavy atom. The van der Waals surface area contributed by atoms with Gasteiger partial charge in [-0.05, 0) is 55.0 Å². The van der Waals surface area contributed by atoms with Crippen molar-refractivity contribution in [1.29, 1.82) is 0 Å². The minimum atomic E-state index is -2.56. The zero-order valence-electron chi connectivity index (χ0n) is 32.8. The molecule has 0 aliphatic carbocycles. The molecule has 4 N–H and O–H groups in total. The highest BCUT2D eigenvalue weighted by Gasteiger charge is 2.32. The number of nitrogens with one attached hydrogen (secondary N) is 4. The maximum atomic E-state index is 16.4. The molecule has 0 fully saturated rings. The summed E-state index contributed by atoms with van der Waals surface area (Å²) in [6.07, 6.45) is 7.02. The summed E-state index contributed by atoms with van der Waals surface area (Å²) in [5, 5.41) is 2.40. The van der Waals surface area contributed by atoms with Crippen LogP contribution in [0.25, 0.3) is 78.6 Å². The first-order chi connectivity index (χ1) is 30.6. The number of nitrogens with zero attached hydrogens (tertiary/aromatic N) is 1. The van der Waals surface area contributed by atoms with Gasteiger partial charge in [-0.15, -0.1) is 0 Å². The summed E-state index contributed by atoms with van der Waals surface area (Å²) in [7, 11) is 0. The van der Waals surface area contributed by atoms with Gasteiger partial charge in [0, 0.05) is 50.8 Å². The second-order valence-corrected chi connectivity index (χ2v) is 14.8. The molecule has 1 aliphatic heterocycles. The van der Waals surface area contributed by atoms with Crippen molar-refractivity contribution in [3.63, 3.8) is 0 Å². The maximum absolute atomic E-state index is 16.4. The highest BCUT2D eigenvalue weighted by atomic mass is 19.2. The lowest BCUT2D eigenvalue weighted by Gasteiger charge is -2.14. The van der Waals surface area contributed by atoms with Crippen molar-refractivity contribution in [2.75, 3.05) is 11.9 Å². The van der Waals surface area contributed by atoms with Crippen molar-refractivity contribution >= 4 is 50.9 Å². The molecular weight excluding hydrogens is 877 g/mol. The number of aromatic amines is 3. The zero-order chi connectivity index (χ0) is 45.9. The third-order valence-corrected chi connectivity index (χ3v) is 10.8. The first kappa shape index (κ1) is 43.8. The van der Waals surface area contributed by atoms with E-state index in [-0.39, 0.29) is 23.3 Å². The highest BCUT2D eigenvalue weighted by molar-refractivity contribution is 6.01. The molecular formula is C45H29F14N5. The molecule has 4 aromatic heterocycles. The molecule has 1 aliphatic rings. The van der Waals surface area contributed by atoms with Crippen molar-refractivity contribution in [3.8, 4) is 33.4 Å². The summed E-state index contributed by atoms with van der Waals surface area (Å²) < 4.78 is 215. The van der Waals surface area contributed by atoms with Gasteiger partial charge in [-0.25, -0.2) is 66.4 Å². The number of rotatable bonds is 11. The van der Waals surface area contributed by atoms with Gasteiger partial charge < -0.3 is 20.3 Å². The first-order valence-corrected chi connectivity index (χ1v) is 19.5. The van der Waals surface area contributed by atoms with Crippen molar-refractivity contribution in [2.45, 2.75) is 45.4 Å². The number of unbranched alkanes of at least 4 members (excludes halogenated alkanes) is 5. The topological polar surface area (TPSA) is 72.3 Å². The molecule has 0 radical (unpaired) electrons. The molecule has 19 heteroatoms. The van der Waals surface area contributed by atoms with Crippen molar-refractivity contribution in [2.24, 2.45) is 0 Å². The average molecular weight is 906 g/mol. The van der Waals surface area contributed by atoms with Crippen LogP contribution in [-0.4, -0.2) is 26.5 Å². The number of H-pyrrole nitrogens is 3. The lowest BCUT2D eigenvalue weighted by Crippen LogP contribution is -2.10. The van der Waals surface area contributed by atoms with E-state index < -0.39 is 148 Å². The smallest absolute Gasteiger partial charge is 0.200 e. The van der Waals surface area contributed by atoms with Crippen molar-refractivity contribution in [1.82, 2.24) is 19.9 Å². The van der Waals surface area contributed by atoms with Gasteiger partial charge in [-0.1, -0.05) is 39.0 Å².